The molecule has 0 radical (unpaired) electrons. The predicted molar refractivity (Wildman–Crippen MR) is 75.2 cm³/mol. The van der Waals surface area contributed by atoms with Crippen LogP contribution in [0.1, 0.15) is 38.7 Å². The van der Waals surface area contributed by atoms with Crippen LogP contribution in [-0.4, -0.2) is 36.8 Å². The van der Waals surface area contributed by atoms with Crippen molar-refractivity contribution in [2.24, 2.45) is 0 Å². The number of methoxy groups -OCH3 is 1. The summed E-state index contributed by atoms with van der Waals surface area (Å²) in [5.74, 6) is 2.14. The van der Waals surface area contributed by atoms with Gasteiger partial charge in [0.1, 0.15) is 18.0 Å². The molecule has 0 amide bonds. The van der Waals surface area contributed by atoms with Gasteiger partial charge < -0.3 is 15.4 Å². The Kier molecular flexibility index (Phi) is 5.85. The maximum atomic E-state index is 5.20. The van der Waals surface area contributed by atoms with Crippen LogP contribution in [0.5, 0.6) is 0 Å². The normalized spacial score (nSPS) is 12.6. The van der Waals surface area contributed by atoms with E-state index in [9.17, 15) is 0 Å². The van der Waals surface area contributed by atoms with E-state index in [0.29, 0.717) is 12.5 Å². The van der Waals surface area contributed by atoms with Crippen LogP contribution in [0.2, 0.25) is 0 Å². The number of rotatable bonds is 7. The second-order valence-corrected chi connectivity index (χ2v) is 4.59. The van der Waals surface area contributed by atoms with Gasteiger partial charge in [-0.1, -0.05) is 20.8 Å². The molecule has 18 heavy (non-hydrogen) atoms. The average molecular weight is 252 g/mol. The number of hydrogen-bond donors (Lipinski definition) is 2. The molecule has 0 saturated carbocycles. The number of nitrogens with zero attached hydrogens (tertiary/aromatic N) is 2. The first kappa shape index (κ1) is 14.7. The van der Waals surface area contributed by atoms with Gasteiger partial charge in [0.25, 0.3) is 0 Å². The molecule has 0 aromatic carbocycles. The third-order valence-corrected chi connectivity index (χ3v) is 2.90. The third kappa shape index (κ3) is 3.57. The first-order valence-corrected chi connectivity index (χ1v) is 6.42. The maximum absolute atomic E-state index is 5.20. The van der Waals surface area contributed by atoms with Crippen molar-refractivity contribution in [3.05, 3.63) is 11.9 Å². The molecule has 1 rings (SSSR count). The van der Waals surface area contributed by atoms with Crippen molar-refractivity contribution in [2.75, 3.05) is 31.4 Å². The summed E-state index contributed by atoms with van der Waals surface area (Å²) in [7, 11) is 3.59. The lowest BCUT2D eigenvalue weighted by atomic mass is 10.0. The summed E-state index contributed by atoms with van der Waals surface area (Å²) in [5, 5.41) is 6.56. The lowest BCUT2D eigenvalue weighted by Crippen LogP contribution is -2.25. The highest BCUT2D eigenvalue weighted by atomic mass is 16.5. The number of nitrogens with one attached hydrogen (secondary N) is 2. The minimum Gasteiger partial charge on any atom is -0.383 e. The van der Waals surface area contributed by atoms with Gasteiger partial charge in [0.2, 0.25) is 0 Å². The number of aromatic nitrogens is 2. The minimum absolute atomic E-state index is 0.270. The summed E-state index contributed by atoms with van der Waals surface area (Å²) in [6, 6.07) is 0.270. The van der Waals surface area contributed by atoms with Crippen LogP contribution >= 0.6 is 0 Å². The minimum atomic E-state index is 0.270. The Hall–Kier alpha value is -1.36. The Balaban J connectivity index is 3.00. The lowest BCUT2D eigenvalue weighted by Gasteiger charge is -2.21. The van der Waals surface area contributed by atoms with Crippen LogP contribution in [0, 0.1) is 0 Å². The first-order valence-electron chi connectivity index (χ1n) is 6.42. The summed E-state index contributed by atoms with van der Waals surface area (Å²) in [6.07, 6.45) is 2.57. The quantitative estimate of drug-likeness (QED) is 0.780. The highest BCUT2D eigenvalue weighted by Crippen LogP contribution is 2.28. The second-order valence-electron chi connectivity index (χ2n) is 4.59. The summed E-state index contributed by atoms with van der Waals surface area (Å²) < 4.78 is 5.20. The van der Waals surface area contributed by atoms with E-state index in [2.05, 4.69) is 41.4 Å². The Morgan fingerprint density at radius 1 is 1.28 bits per heavy atom. The number of ether oxygens (including phenoxy) is 1. The van der Waals surface area contributed by atoms with Gasteiger partial charge >= 0.3 is 0 Å². The molecule has 2 N–H and O–H groups in total. The van der Waals surface area contributed by atoms with Crippen molar-refractivity contribution >= 4 is 11.6 Å². The van der Waals surface area contributed by atoms with Crippen molar-refractivity contribution in [1.82, 2.24) is 9.97 Å². The summed E-state index contributed by atoms with van der Waals surface area (Å²) >= 11 is 0. The first-order chi connectivity index (χ1) is 8.63. The predicted octanol–water partition coefficient (Wildman–Crippen LogP) is 2.48. The highest BCUT2D eigenvalue weighted by molar-refractivity contribution is 5.59. The molecule has 5 heteroatoms. The molecule has 0 fully saturated rings. The molecular weight excluding hydrogens is 228 g/mol. The molecule has 1 heterocycles. The van der Waals surface area contributed by atoms with E-state index < -0.39 is 0 Å². The molecule has 0 saturated heterocycles. The SMILES string of the molecule is CCC(COC)Nc1ncnc(NC)c1C(C)C. The van der Waals surface area contributed by atoms with Gasteiger partial charge in [0.05, 0.1) is 12.6 Å². The van der Waals surface area contributed by atoms with E-state index in [1.54, 1.807) is 13.4 Å². The Labute approximate surface area is 109 Å². The molecule has 1 aromatic rings. The Morgan fingerprint density at radius 3 is 2.44 bits per heavy atom. The zero-order valence-corrected chi connectivity index (χ0v) is 11.9. The molecule has 0 aliphatic heterocycles. The van der Waals surface area contributed by atoms with Crippen molar-refractivity contribution in [3.63, 3.8) is 0 Å². The fourth-order valence-corrected chi connectivity index (χ4v) is 1.91. The maximum Gasteiger partial charge on any atom is 0.135 e. The van der Waals surface area contributed by atoms with E-state index in [0.717, 1.165) is 23.6 Å². The van der Waals surface area contributed by atoms with Gasteiger partial charge in [-0.15, -0.1) is 0 Å². The van der Waals surface area contributed by atoms with Crippen LogP contribution in [0.3, 0.4) is 0 Å². The fraction of sp³-hybridized carbons (Fsp3) is 0.692. The van der Waals surface area contributed by atoms with Crippen molar-refractivity contribution < 1.29 is 4.74 Å². The zero-order chi connectivity index (χ0) is 13.5. The number of hydrogen-bond acceptors (Lipinski definition) is 5. The van der Waals surface area contributed by atoms with Gasteiger partial charge in [0, 0.05) is 19.7 Å². The van der Waals surface area contributed by atoms with Gasteiger partial charge in [0.15, 0.2) is 0 Å². The van der Waals surface area contributed by atoms with Gasteiger partial charge in [-0.25, -0.2) is 9.97 Å². The topological polar surface area (TPSA) is 59.1 Å². The van der Waals surface area contributed by atoms with Crippen molar-refractivity contribution in [1.29, 1.82) is 0 Å². The highest BCUT2D eigenvalue weighted by Gasteiger charge is 2.16. The second kappa shape index (κ2) is 7.16. The Bertz CT molecular complexity index is 368. The number of anilines is 2. The smallest absolute Gasteiger partial charge is 0.135 e. The van der Waals surface area contributed by atoms with Crippen LogP contribution in [-0.2, 0) is 4.74 Å². The molecule has 1 aromatic heterocycles. The summed E-state index contributed by atoms with van der Waals surface area (Å²) in [6.45, 7) is 7.09. The molecule has 0 aliphatic rings. The van der Waals surface area contributed by atoms with E-state index in [4.69, 9.17) is 4.74 Å². The standard InChI is InChI=1S/C13H24N4O/c1-6-10(7-18-5)17-13-11(9(2)3)12(14-4)15-8-16-13/h8-10H,6-7H2,1-5H3,(H2,14,15,16,17). The molecule has 5 nitrogen and oxygen atoms in total. The Morgan fingerprint density at radius 2 is 1.94 bits per heavy atom. The molecule has 0 aliphatic carbocycles. The average Bonchev–Trinajstić information content (AvgIpc) is 2.37. The van der Waals surface area contributed by atoms with Crippen molar-refractivity contribution in [2.45, 2.75) is 39.2 Å². The molecule has 102 valence electrons. The van der Waals surface area contributed by atoms with Crippen molar-refractivity contribution in [3.8, 4) is 0 Å². The lowest BCUT2D eigenvalue weighted by molar-refractivity contribution is 0.184. The largest absolute Gasteiger partial charge is 0.383 e. The van der Waals surface area contributed by atoms with Crippen LogP contribution in [0.25, 0.3) is 0 Å². The van der Waals surface area contributed by atoms with Gasteiger partial charge in [-0.2, -0.15) is 0 Å². The summed E-state index contributed by atoms with van der Waals surface area (Å²) in [5.41, 5.74) is 1.12. The van der Waals surface area contributed by atoms with Crippen LogP contribution in [0.15, 0.2) is 6.33 Å². The summed E-state index contributed by atoms with van der Waals surface area (Å²) in [4.78, 5) is 8.63. The van der Waals surface area contributed by atoms with E-state index in [1.807, 2.05) is 7.05 Å². The van der Waals surface area contributed by atoms with Crippen LogP contribution < -0.4 is 10.6 Å². The van der Waals surface area contributed by atoms with E-state index in [1.165, 1.54) is 0 Å². The van der Waals surface area contributed by atoms with Crippen LogP contribution in [0.4, 0.5) is 11.6 Å². The zero-order valence-electron chi connectivity index (χ0n) is 11.9. The molecule has 1 unspecified atom stereocenters. The van der Waals surface area contributed by atoms with E-state index in [-0.39, 0.29) is 6.04 Å². The molecule has 0 spiro atoms. The molecular formula is C13H24N4O. The molecule has 1 atom stereocenters. The van der Waals surface area contributed by atoms with E-state index >= 15 is 0 Å². The monoisotopic (exact) mass is 252 g/mol. The van der Waals surface area contributed by atoms with Gasteiger partial charge in [-0.05, 0) is 12.3 Å². The third-order valence-electron chi connectivity index (χ3n) is 2.90. The fourth-order valence-electron chi connectivity index (χ4n) is 1.91. The molecule has 0 bridgehead atoms. The van der Waals surface area contributed by atoms with Gasteiger partial charge in [-0.3, -0.25) is 0 Å².